The zero-order valence-corrected chi connectivity index (χ0v) is 36.8. The summed E-state index contributed by atoms with van der Waals surface area (Å²) in [5.41, 5.74) is 0. The van der Waals surface area contributed by atoms with Crippen LogP contribution in [0.4, 0.5) is 0 Å². The predicted octanol–water partition coefficient (Wildman–Crippen LogP) is 15.0. The van der Waals surface area contributed by atoms with Crippen LogP contribution in [0.25, 0.3) is 0 Å². The van der Waals surface area contributed by atoms with E-state index in [9.17, 15) is 14.4 Å². The molecule has 0 heterocycles. The van der Waals surface area contributed by atoms with E-state index in [1.54, 1.807) is 0 Å². The molecule has 6 nitrogen and oxygen atoms in total. The maximum Gasteiger partial charge on any atom is 0.306 e. The van der Waals surface area contributed by atoms with Gasteiger partial charge in [0.1, 0.15) is 13.2 Å². The number of esters is 3. The lowest BCUT2D eigenvalue weighted by molar-refractivity contribution is -0.167. The van der Waals surface area contributed by atoms with Crippen LogP contribution in [-0.4, -0.2) is 37.2 Å². The smallest absolute Gasteiger partial charge is 0.306 e. The number of carbonyl (C=O) groups is 3. The molecular weight excluding hydrogens is 673 g/mol. The zero-order valence-electron chi connectivity index (χ0n) is 36.8. The molecule has 0 saturated carbocycles. The fourth-order valence-electron chi connectivity index (χ4n) is 7.07. The summed E-state index contributed by atoms with van der Waals surface area (Å²) in [7, 11) is 0. The van der Waals surface area contributed by atoms with E-state index in [1.165, 1.54) is 148 Å². The predicted molar refractivity (Wildman–Crippen MR) is 229 cm³/mol. The molecule has 0 aromatic rings. The lowest BCUT2D eigenvalue weighted by atomic mass is 9.99. The number of hydrogen-bond donors (Lipinski definition) is 0. The highest BCUT2D eigenvalue weighted by atomic mass is 16.6. The fourth-order valence-corrected chi connectivity index (χ4v) is 7.07. The molecule has 320 valence electrons. The van der Waals surface area contributed by atoms with Crippen molar-refractivity contribution in [2.24, 2.45) is 11.8 Å². The van der Waals surface area contributed by atoms with Crippen molar-refractivity contribution in [3.8, 4) is 0 Å². The minimum Gasteiger partial charge on any atom is -0.462 e. The number of ether oxygens (including phenoxy) is 3. The zero-order chi connectivity index (χ0) is 39.7. The van der Waals surface area contributed by atoms with Crippen LogP contribution in [0.3, 0.4) is 0 Å². The van der Waals surface area contributed by atoms with Gasteiger partial charge in [-0.25, -0.2) is 0 Å². The molecule has 0 rings (SSSR count). The average molecular weight is 765 g/mol. The Hall–Kier alpha value is -1.59. The van der Waals surface area contributed by atoms with E-state index in [0.29, 0.717) is 19.3 Å². The number of rotatable bonds is 42. The minimum absolute atomic E-state index is 0.0655. The van der Waals surface area contributed by atoms with Gasteiger partial charge in [-0.3, -0.25) is 14.4 Å². The van der Waals surface area contributed by atoms with E-state index in [1.807, 2.05) is 0 Å². The first-order chi connectivity index (χ1) is 26.3. The first-order valence-electron chi connectivity index (χ1n) is 23.8. The van der Waals surface area contributed by atoms with Gasteiger partial charge in [-0.2, -0.15) is 0 Å². The van der Waals surface area contributed by atoms with Crippen molar-refractivity contribution in [1.29, 1.82) is 0 Å². The van der Waals surface area contributed by atoms with E-state index in [-0.39, 0.29) is 31.1 Å². The maximum absolute atomic E-state index is 12.7. The molecule has 0 spiro atoms. The van der Waals surface area contributed by atoms with Crippen LogP contribution in [-0.2, 0) is 28.6 Å². The van der Waals surface area contributed by atoms with Gasteiger partial charge in [-0.05, 0) is 31.1 Å². The van der Waals surface area contributed by atoms with Crippen molar-refractivity contribution in [3.63, 3.8) is 0 Å². The Morgan fingerprint density at radius 1 is 0.389 bits per heavy atom. The summed E-state index contributed by atoms with van der Waals surface area (Å²) in [6, 6.07) is 0. The molecule has 0 aromatic heterocycles. The number of hydrogen-bond acceptors (Lipinski definition) is 6. The van der Waals surface area contributed by atoms with Crippen LogP contribution in [0.15, 0.2) is 0 Å². The lowest BCUT2D eigenvalue weighted by Gasteiger charge is -2.18. The van der Waals surface area contributed by atoms with E-state index < -0.39 is 6.10 Å². The molecular formula is C48H92O6. The van der Waals surface area contributed by atoms with Crippen LogP contribution in [0, 0.1) is 11.8 Å². The van der Waals surface area contributed by atoms with Gasteiger partial charge < -0.3 is 14.2 Å². The molecule has 0 N–H and O–H groups in total. The second-order valence-corrected chi connectivity index (χ2v) is 17.1. The molecule has 0 aliphatic heterocycles. The van der Waals surface area contributed by atoms with Crippen LogP contribution in [0.2, 0.25) is 0 Å². The highest BCUT2D eigenvalue weighted by molar-refractivity contribution is 5.71. The van der Waals surface area contributed by atoms with Crippen molar-refractivity contribution >= 4 is 17.9 Å². The van der Waals surface area contributed by atoms with Gasteiger partial charge in [0, 0.05) is 19.3 Å². The second kappa shape index (κ2) is 41.1. The summed E-state index contributed by atoms with van der Waals surface area (Å²) in [6.07, 6.45) is 39.5. The van der Waals surface area contributed by atoms with Gasteiger partial charge in [0.25, 0.3) is 0 Å². The van der Waals surface area contributed by atoms with E-state index in [4.69, 9.17) is 14.2 Å². The van der Waals surface area contributed by atoms with Crippen LogP contribution < -0.4 is 0 Å². The first-order valence-corrected chi connectivity index (χ1v) is 23.8. The average Bonchev–Trinajstić information content (AvgIpc) is 3.15. The van der Waals surface area contributed by atoms with Crippen LogP contribution in [0.1, 0.15) is 259 Å². The minimum atomic E-state index is -0.761. The molecule has 0 saturated heterocycles. The third-order valence-electron chi connectivity index (χ3n) is 11.1. The van der Waals surface area contributed by atoms with Crippen LogP contribution in [0.5, 0.6) is 0 Å². The van der Waals surface area contributed by atoms with Crippen molar-refractivity contribution < 1.29 is 28.6 Å². The summed E-state index contributed by atoms with van der Waals surface area (Å²) in [4.78, 5) is 37.7. The molecule has 0 aliphatic carbocycles. The normalized spacial score (nSPS) is 12.6. The molecule has 0 fully saturated rings. The number of carbonyl (C=O) groups excluding carboxylic acids is 3. The maximum atomic E-state index is 12.7. The Bertz CT molecular complexity index is 826. The summed E-state index contributed by atoms with van der Waals surface area (Å²) in [5, 5.41) is 0. The van der Waals surface area contributed by atoms with Crippen molar-refractivity contribution in [3.05, 3.63) is 0 Å². The Morgan fingerprint density at radius 3 is 1.06 bits per heavy atom. The van der Waals surface area contributed by atoms with Gasteiger partial charge in [0.15, 0.2) is 6.10 Å². The van der Waals surface area contributed by atoms with Crippen LogP contribution >= 0.6 is 0 Å². The summed E-state index contributed by atoms with van der Waals surface area (Å²) in [5.74, 6) is 0.748. The van der Waals surface area contributed by atoms with Gasteiger partial charge in [-0.15, -0.1) is 0 Å². The molecule has 0 radical (unpaired) electrons. The van der Waals surface area contributed by atoms with Gasteiger partial charge in [0.2, 0.25) is 0 Å². The van der Waals surface area contributed by atoms with Gasteiger partial charge >= 0.3 is 17.9 Å². The third-order valence-corrected chi connectivity index (χ3v) is 11.1. The van der Waals surface area contributed by atoms with Gasteiger partial charge in [0.05, 0.1) is 0 Å². The Morgan fingerprint density at radius 2 is 0.704 bits per heavy atom. The van der Waals surface area contributed by atoms with Crippen molar-refractivity contribution in [2.45, 2.75) is 265 Å². The Kier molecular flexibility index (Phi) is 39.8. The second-order valence-electron chi connectivity index (χ2n) is 17.1. The van der Waals surface area contributed by atoms with Crippen molar-refractivity contribution in [2.75, 3.05) is 13.2 Å². The summed E-state index contributed by atoms with van der Waals surface area (Å²) >= 11 is 0. The quantitative estimate of drug-likeness (QED) is 0.0350. The topological polar surface area (TPSA) is 78.9 Å². The molecule has 1 unspecified atom stereocenters. The van der Waals surface area contributed by atoms with E-state index in [0.717, 1.165) is 69.6 Å². The summed E-state index contributed by atoms with van der Waals surface area (Å²) in [6.45, 7) is 11.3. The monoisotopic (exact) mass is 765 g/mol. The van der Waals surface area contributed by atoms with Crippen molar-refractivity contribution in [1.82, 2.24) is 0 Å². The molecule has 2 atom stereocenters. The lowest BCUT2D eigenvalue weighted by Crippen LogP contribution is -2.30. The van der Waals surface area contributed by atoms with E-state index in [2.05, 4.69) is 34.6 Å². The SMILES string of the molecule is CCCCCCCCCCCCCCCCCC(=O)OC[C@H](COC(=O)CCCCCCCCC(C)C)OC(=O)CCCCCCCCCCC(C)CC. The molecule has 0 bridgehead atoms. The molecule has 0 aromatic carbocycles. The molecule has 0 aliphatic rings. The van der Waals surface area contributed by atoms with E-state index >= 15 is 0 Å². The Labute approximate surface area is 336 Å². The fraction of sp³-hybridized carbons (Fsp3) is 0.938. The third kappa shape index (κ3) is 40.1. The number of unbranched alkanes of at least 4 members (excludes halogenated alkanes) is 26. The standard InChI is InChI=1S/C48H92O6/c1-6-8-9-10-11-12-13-14-15-16-17-18-22-28-33-38-46(49)52-41-45(42-53-47(50)39-34-29-25-24-26-31-36-43(3)4)54-48(51)40-35-30-23-20-19-21-27-32-37-44(5)7-2/h43-45H,6-42H2,1-5H3/t44?,45-/m1/s1. The largest absolute Gasteiger partial charge is 0.462 e. The molecule has 54 heavy (non-hydrogen) atoms. The highest BCUT2D eigenvalue weighted by Gasteiger charge is 2.19. The Balaban J connectivity index is 4.30. The summed E-state index contributed by atoms with van der Waals surface area (Å²) < 4.78 is 16.7. The molecule has 6 heteroatoms. The molecule has 0 amide bonds. The first kappa shape index (κ1) is 52.4. The highest BCUT2D eigenvalue weighted by Crippen LogP contribution is 2.17. The van der Waals surface area contributed by atoms with Gasteiger partial charge in [-0.1, -0.05) is 221 Å².